The van der Waals surface area contributed by atoms with E-state index in [1.165, 1.54) is 0 Å². The van der Waals surface area contributed by atoms with E-state index < -0.39 is 0 Å². The summed E-state index contributed by atoms with van der Waals surface area (Å²) in [7, 11) is 3.19. The van der Waals surface area contributed by atoms with Crippen molar-refractivity contribution in [3.05, 3.63) is 29.8 Å². The van der Waals surface area contributed by atoms with Crippen LogP contribution in [-0.2, 0) is 14.9 Å². The smallest absolute Gasteiger partial charge is 0.140 e. The van der Waals surface area contributed by atoms with Gasteiger partial charge in [0.25, 0.3) is 0 Å². The predicted molar refractivity (Wildman–Crippen MR) is 72.3 cm³/mol. The van der Waals surface area contributed by atoms with E-state index in [1.807, 2.05) is 24.3 Å². The van der Waals surface area contributed by atoms with E-state index in [-0.39, 0.29) is 11.2 Å². The molecule has 0 spiro atoms. The summed E-state index contributed by atoms with van der Waals surface area (Å²) in [6.45, 7) is 1.68. The van der Waals surface area contributed by atoms with Crippen LogP contribution in [0.1, 0.15) is 25.3 Å². The quantitative estimate of drug-likeness (QED) is 0.789. The molecule has 3 nitrogen and oxygen atoms in total. The molecule has 0 atom stereocenters. The van der Waals surface area contributed by atoms with Gasteiger partial charge in [0.05, 0.1) is 12.5 Å². The first-order valence-electron chi connectivity index (χ1n) is 5.81. The maximum absolute atomic E-state index is 11.5. The third-order valence-electron chi connectivity index (χ3n) is 3.18. The Hall–Kier alpha value is -1.06. The standard InChI is InChI=1S/C12H14O2.C2H5ClO/c1-9(13)12(7-8-12)10-3-5-11(14-2)6-4-10;1-4-2-3/h3-6H,7-8H2,1-2H3;2H2,1H3. The van der Waals surface area contributed by atoms with Crippen molar-refractivity contribution < 1.29 is 14.3 Å². The third-order valence-corrected chi connectivity index (χ3v) is 3.39. The largest absolute Gasteiger partial charge is 0.497 e. The van der Waals surface area contributed by atoms with Gasteiger partial charge in [0, 0.05) is 7.11 Å². The van der Waals surface area contributed by atoms with Gasteiger partial charge in [-0.25, -0.2) is 0 Å². The van der Waals surface area contributed by atoms with Crippen LogP contribution in [0.15, 0.2) is 24.3 Å². The van der Waals surface area contributed by atoms with Gasteiger partial charge in [-0.3, -0.25) is 4.79 Å². The molecule has 4 heteroatoms. The summed E-state index contributed by atoms with van der Waals surface area (Å²) in [6.07, 6.45) is 1.99. The molecule has 0 bridgehead atoms. The highest BCUT2D eigenvalue weighted by Gasteiger charge is 2.48. The van der Waals surface area contributed by atoms with Crippen LogP contribution in [0.3, 0.4) is 0 Å². The SMILES string of the molecule is COCCl.COc1ccc(C2(C(C)=O)CC2)cc1. The van der Waals surface area contributed by atoms with Crippen LogP contribution in [0.2, 0.25) is 0 Å². The summed E-state index contributed by atoms with van der Waals surface area (Å²) in [5.41, 5.74) is 0.970. The molecule has 1 saturated carbocycles. The Kier molecular flexibility index (Phi) is 5.63. The van der Waals surface area contributed by atoms with Gasteiger partial charge in [-0.1, -0.05) is 23.7 Å². The van der Waals surface area contributed by atoms with Crippen LogP contribution in [0.4, 0.5) is 0 Å². The Morgan fingerprint density at radius 3 is 2.06 bits per heavy atom. The first-order valence-corrected chi connectivity index (χ1v) is 6.34. The lowest BCUT2D eigenvalue weighted by molar-refractivity contribution is -0.119. The highest BCUT2D eigenvalue weighted by atomic mass is 35.5. The number of ketones is 1. The van der Waals surface area contributed by atoms with E-state index >= 15 is 0 Å². The average molecular weight is 271 g/mol. The second-order valence-electron chi connectivity index (χ2n) is 4.26. The summed E-state index contributed by atoms with van der Waals surface area (Å²) in [6, 6.07) is 8.11. The van der Waals surface area contributed by atoms with Crippen molar-refractivity contribution in [1.82, 2.24) is 0 Å². The first-order chi connectivity index (χ1) is 8.60. The lowest BCUT2D eigenvalue weighted by atomic mass is 9.92. The van der Waals surface area contributed by atoms with E-state index in [4.69, 9.17) is 16.3 Å². The maximum atomic E-state index is 11.5. The lowest BCUT2D eigenvalue weighted by Gasteiger charge is -2.11. The van der Waals surface area contributed by atoms with Crippen molar-refractivity contribution in [3.63, 3.8) is 0 Å². The molecular formula is C14H19ClO3. The van der Waals surface area contributed by atoms with Gasteiger partial charge in [-0.15, -0.1) is 0 Å². The second kappa shape index (κ2) is 6.76. The zero-order valence-corrected chi connectivity index (χ0v) is 11.8. The average Bonchev–Trinajstić information content (AvgIpc) is 3.21. The fourth-order valence-electron chi connectivity index (χ4n) is 1.88. The fourth-order valence-corrected chi connectivity index (χ4v) is 1.88. The van der Waals surface area contributed by atoms with Crippen LogP contribution >= 0.6 is 11.6 Å². The molecule has 1 aliphatic carbocycles. The second-order valence-corrected chi connectivity index (χ2v) is 4.48. The van der Waals surface area contributed by atoms with Gasteiger partial charge in [0.2, 0.25) is 0 Å². The number of Topliss-reactive ketones (excluding diaryl/α,β-unsaturated/α-hetero) is 1. The summed E-state index contributed by atoms with van der Waals surface area (Å²) in [5, 5.41) is 0. The molecule has 1 fully saturated rings. The highest BCUT2D eigenvalue weighted by molar-refractivity contribution is 6.17. The molecule has 0 aromatic heterocycles. The van der Waals surface area contributed by atoms with Crippen LogP contribution in [-0.4, -0.2) is 26.1 Å². The summed E-state index contributed by atoms with van der Waals surface area (Å²) < 4.78 is 9.38. The molecule has 2 rings (SSSR count). The van der Waals surface area contributed by atoms with E-state index in [0.29, 0.717) is 6.07 Å². The molecule has 0 N–H and O–H groups in total. The van der Waals surface area contributed by atoms with Crippen molar-refractivity contribution in [2.24, 2.45) is 0 Å². The Bertz CT molecular complexity index is 381. The number of carbonyl (C=O) groups excluding carboxylic acids is 1. The third kappa shape index (κ3) is 3.47. The minimum absolute atomic E-state index is 0.160. The molecule has 1 aromatic carbocycles. The van der Waals surface area contributed by atoms with Gasteiger partial charge in [0.15, 0.2) is 0 Å². The molecule has 0 amide bonds. The number of hydrogen-bond acceptors (Lipinski definition) is 3. The molecule has 1 aromatic rings. The summed E-state index contributed by atoms with van der Waals surface area (Å²) in [5.74, 6) is 1.12. The van der Waals surface area contributed by atoms with E-state index in [9.17, 15) is 4.79 Å². The molecule has 0 heterocycles. The van der Waals surface area contributed by atoms with Gasteiger partial charge < -0.3 is 9.47 Å². The molecule has 1 aliphatic rings. The van der Waals surface area contributed by atoms with Crippen molar-refractivity contribution in [1.29, 1.82) is 0 Å². The van der Waals surface area contributed by atoms with Crippen LogP contribution in [0.5, 0.6) is 5.75 Å². The van der Waals surface area contributed by atoms with Crippen LogP contribution in [0.25, 0.3) is 0 Å². The van der Waals surface area contributed by atoms with E-state index in [1.54, 1.807) is 21.1 Å². The van der Waals surface area contributed by atoms with Crippen molar-refractivity contribution in [3.8, 4) is 5.75 Å². The van der Waals surface area contributed by atoms with Gasteiger partial charge in [-0.2, -0.15) is 0 Å². The fraction of sp³-hybridized carbons (Fsp3) is 0.500. The lowest BCUT2D eigenvalue weighted by Crippen LogP contribution is -2.16. The molecule has 100 valence electrons. The summed E-state index contributed by atoms with van der Waals surface area (Å²) >= 11 is 4.96. The van der Waals surface area contributed by atoms with Crippen molar-refractivity contribution in [2.75, 3.05) is 20.3 Å². The van der Waals surface area contributed by atoms with E-state index in [0.717, 1.165) is 24.2 Å². The Morgan fingerprint density at radius 2 is 1.78 bits per heavy atom. The summed E-state index contributed by atoms with van der Waals surface area (Å²) in [4.78, 5) is 11.5. The minimum atomic E-state index is -0.160. The molecular weight excluding hydrogens is 252 g/mol. The molecule has 18 heavy (non-hydrogen) atoms. The highest BCUT2D eigenvalue weighted by Crippen LogP contribution is 2.49. The number of methoxy groups -OCH3 is 2. The number of benzene rings is 1. The Balaban J connectivity index is 0.000000357. The van der Waals surface area contributed by atoms with E-state index in [2.05, 4.69) is 4.74 Å². The van der Waals surface area contributed by atoms with Gasteiger partial charge in [-0.05, 0) is 37.5 Å². The van der Waals surface area contributed by atoms with Crippen molar-refractivity contribution in [2.45, 2.75) is 25.2 Å². The topological polar surface area (TPSA) is 35.5 Å². The number of alkyl halides is 1. The predicted octanol–water partition coefficient (Wildman–Crippen LogP) is 3.14. The Labute approximate surface area is 113 Å². The number of ether oxygens (including phenoxy) is 2. The van der Waals surface area contributed by atoms with Crippen LogP contribution in [0, 0.1) is 0 Å². The number of halogens is 1. The first kappa shape index (κ1) is 15.0. The zero-order chi connectivity index (χ0) is 13.6. The molecule has 0 saturated heterocycles. The normalized spacial score (nSPS) is 15.3. The Morgan fingerprint density at radius 1 is 1.28 bits per heavy atom. The molecule has 0 unspecified atom stereocenters. The van der Waals surface area contributed by atoms with Crippen LogP contribution < -0.4 is 4.74 Å². The maximum Gasteiger partial charge on any atom is 0.140 e. The van der Waals surface area contributed by atoms with Gasteiger partial charge in [0.1, 0.15) is 17.6 Å². The number of rotatable bonds is 4. The van der Waals surface area contributed by atoms with Gasteiger partial charge >= 0.3 is 0 Å². The minimum Gasteiger partial charge on any atom is -0.497 e. The zero-order valence-electron chi connectivity index (χ0n) is 11.0. The molecule has 0 radical (unpaired) electrons. The monoisotopic (exact) mass is 270 g/mol. The molecule has 0 aliphatic heterocycles. The number of hydrogen-bond donors (Lipinski definition) is 0. The number of carbonyl (C=O) groups is 1. The van der Waals surface area contributed by atoms with Crippen molar-refractivity contribution >= 4 is 17.4 Å².